The van der Waals surface area contributed by atoms with Crippen molar-refractivity contribution < 1.29 is 18.7 Å². The van der Waals surface area contributed by atoms with Gasteiger partial charge < -0.3 is 24.4 Å². The molecule has 4 aromatic rings. The van der Waals surface area contributed by atoms with Gasteiger partial charge in [0.05, 0.1) is 37.1 Å². The fourth-order valence-electron chi connectivity index (χ4n) is 3.71. The van der Waals surface area contributed by atoms with Crippen LogP contribution in [0.15, 0.2) is 47.5 Å². The summed E-state index contributed by atoms with van der Waals surface area (Å²) < 4.78 is 13.9. The molecule has 4 aromatic heterocycles. The SMILES string of the molecule is COC(=O)c1c(NC(=O)c2ccco2)c2cc(NCc3cnn(C)c3)cnc2n1CCC(C)C. The monoisotopic (exact) mass is 464 g/mol. The number of carbonyl (C=O) groups is 2. The Kier molecular flexibility index (Phi) is 6.67. The summed E-state index contributed by atoms with van der Waals surface area (Å²) in [5, 5.41) is 11.0. The van der Waals surface area contributed by atoms with E-state index in [9.17, 15) is 9.59 Å². The van der Waals surface area contributed by atoms with Crippen molar-refractivity contribution in [2.75, 3.05) is 17.7 Å². The van der Waals surface area contributed by atoms with Gasteiger partial charge in [-0.1, -0.05) is 13.8 Å². The molecule has 0 aromatic carbocycles. The van der Waals surface area contributed by atoms with E-state index in [1.165, 1.54) is 13.4 Å². The van der Waals surface area contributed by atoms with E-state index in [1.807, 2.05) is 23.9 Å². The average molecular weight is 465 g/mol. The normalized spacial score (nSPS) is 11.2. The maximum absolute atomic E-state index is 12.9. The smallest absolute Gasteiger partial charge is 0.356 e. The number of furan rings is 1. The van der Waals surface area contributed by atoms with Crippen molar-refractivity contribution in [3.63, 3.8) is 0 Å². The molecule has 10 nitrogen and oxygen atoms in total. The second-order valence-electron chi connectivity index (χ2n) is 8.45. The zero-order valence-electron chi connectivity index (χ0n) is 19.7. The lowest BCUT2D eigenvalue weighted by molar-refractivity contribution is 0.0589. The van der Waals surface area contributed by atoms with Gasteiger partial charge in [-0.2, -0.15) is 5.10 Å². The quantitative estimate of drug-likeness (QED) is 0.359. The molecule has 0 bridgehead atoms. The molecule has 0 saturated carbocycles. The molecule has 4 heterocycles. The van der Waals surface area contributed by atoms with Crippen LogP contribution in [0, 0.1) is 5.92 Å². The van der Waals surface area contributed by atoms with E-state index in [0.717, 1.165) is 17.7 Å². The molecule has 4 rings (SSSR count). The van der Waals surface area contributed by atoms with Gasteiger partial charge in [-0.25, -0.2) is 9.78 Å². The van der Waals surface area contributed by atoms with Crippen LogP contribution in [0.2, 0.25) is 0 Å². The van der Waals surface area contributed by atoms with Crippen LogP contribution in [0.1, 0.15) is 46.9 Å². The molecule has 0 radical (unpaired) electrons. The zero-order chi connectivity index (χ0) is 24.2. The number of methoxy groups -OCH3 is 1. The second-order valence-corrected chi connectivity index (χ2v) is 8.45. The molecule has 1 amide bonds. The van der Waals surface area contributed by atoms with Crippen LogP contribution in [0.3, 0.4) is 0 Å². The molecule has 2 N–H and O–H groups in total. The average Bonchev–Trinajstić information content (AvgIpc) is 3.55. The fourth-order valence-corrected chi connectivity index (χ4v) is 3.71. The Balaban J connectivity index is 1.78. The first-order chi connectivity index (χ1) is 16.4. The lowest BCUT2D eigenvalue weighted by Crippen LogP contribution is -2.17. The molecule has 0 fully saturated rings. The van der Waals surface area contributed by atoms with Crippen molar-refractivity contribution in [1.82, 2.24) is 19.3 Å². The molecular weight excluding hydrogens is 436 g/mol. The fraction of sp³-hybridized carbons (Fsp3) is 0.333. The van der Waals surface area contributed by atoms with E-state index in [0.29, 0.717) is 35.7 Å². The zero-order valence-corrected chi connectivity index (χ0v) is 19.7. The van der Waals surface area contributed by atoms with Crippen molar-refractivity contribution in [1.29, 1.82) is 0 Å². The highest BCUT2D eigenvalue weighted by Gasteiger charge is 2.27. The van der Waals surface area contributed by atoms with Gasteiger partial charge in [-0.05, 0) is 30.5 Å². The predicted molar refractivity (Wildman–Crippen MR) is 128 cm³/mol. The first kappa shape index (κ1) is 23.1. The number of nitrogens with zero attached hydrogens (tertiary/aromatic N) is 4. The molecule has 34 heavy (non-hydrogen) atoms. The van der Waals surface area contributed by atoms with Crippen LogP contribution in [0.25, 0.3) is 11.0 Å². The highest BCUT2D eigenvalue weighted by molar-refractivity contribution is 6.14. The lowest BCUT2D eigenvalue weighted by Gasteiger charge is -2.11. The van der Waals surface area contributed by atoms with Gasteiger partial charge in [0, 0.05) is 37.3 Å². The molecule has 0 unspecified atom stereocenters. The molecule has 178 valence electrons. The summed E-state index contributed by atoms with van der Waals surface area (Å²) >= 11 is 0. The number of hydrogen-bond donors (Lipinski definition) is 2. The van der Waals surface area contributed by atoms with Crippen LogP contribution < -0.4 is 10.6 Å². The summed E-state index contributed by atoms with van der Waals surface area (Å²) in [6.07, 6.45) is 7.66. The number of rotatable bonds is 9. The highest BCUT2D eigenvalue weighted by Crippen LogP contribution is 2.33. The number of pyridine rings is 1. The van der Waals surface area contributed by atoms with Gasteiger partial charge in [0.15, 0.2) is 11.5 Å². The van der Waals surface area contributed by atoms with Gasteiger partial charge in [0.2, 0.25) is 0 Å². The van der Waals surface area contributed by atoms with E-state index >= 15 is 0 Å². The molecule has 0 aliphatic rings. The number of nitrogens with one attached hydrogen (secondary N) is 2. The molecule has 0 aliphatic carbocycles. The number of aryl methyl sites for hydroxylation is 2. The van der Waals surface area contributed by atoms with Crippen molar-refractivity contribution in [3.05, 3.63) is 60.1 Å². The van der Waals surface area contributed by atoms with Gasteiger partial charge >= 0.3 is 5.97 Å². The Morgan fingerprint density at radius 3 is 2.74 bits per heavy atom. The number of fused-ring (bicyclic) bond motifs is 1. The van der Waals surface area contributed by atoms with Crippen LogP contribution >= 0.6 is 0 Å². The topological polar surface area (TPSA) is 116 Å². The predicted octanol–water partition coefficient (Wildman–Crippen LogP) is 4.06. The minimum atomic E-state index is -0.554. The first-order valence-electron chi connectivity index (χ1n) is 11.0. The van der Waals surface area contributed by atoms with Gasteiger partial charge in [-0.15, -0.1) is 0 Å². The number of ether oxygens (including phenoxy) is 1. The van der Waals surface area contributed by atoms with Gasteiger partial charge in [-0.3, -0.25) is 9.48 Å². The summed E-state index contributed by atoms with van der Waals surface area (Å²) in [7, 11) is 3.18. The molecule has 0 atom stereocenters. The Morgan fingerprint density at radius 2 is 2.09 bits per heavy atom. The second kappa shape index (κ2) is 9.82. The third-order valence-electron chi connectivity index (χ3n) is 5.45. The minimum absolute atomic E-state index is 0.137. The first-order valence-corrected chi connectivity index (χ1v) is 11.0. The third kappa shape index (κ3) is 4.80. The van der Waals surface area contributed by atoms with Crippen LogP contribution in [0.4, 0.5) is 11.4 Å². The Labute approximate surface area is 196 Å². The Bertz CT molecular complexity index is 1300. The summed E-state index contributed by atoms with van der Waals surface area (Å²) in [5.41, 5.74) is 2.92. The summed E-state index contributed by atoms with van der Waals surface area (Å²) in [6, 6.07) is 5.06. The Morgan fingerprint density at radius 1 is 1.26 bits per heavy atom. The lowest BCUT2D eigenvalue weighted by atomic mass is 10.1. The molecule has 0 aliphatic heterocycles. The van der Waals surface area contributed by atoms with Crippen molar-refractivity contribution >= 4 is 34.3 Å². The highest BCUT2D eigenvalue weighted by atomic mass is 16.5. The van der Waals surface area contributed by atoms with Crippen molar-refractivity contribution in [3.8, 4) is 0 Å². The number of carbonyl (C=O) groups excluding carboxylic acids is 2. The van der Waals surface area contributed by atoms with E-state index in [2.05, 4.69) is 34.6 Å². The maximum atomic E-state index is 12.9. The van der Waals surface area contributed by atoms with Crippen LogP contribution in [-0.4, -0.2) is 38.3 Å². The van der Waals surface area contributed by atoms with Crippen LogP contribution in [0.5, 0.6) is 0 Å². The number of amides is 1. The number of anilines is 2. The number of hydrogen-bond acceptors (Lipinski definition) is 7. The van der Waals surface area contributed by atoms with E-state index in [4.69, 9.17) is 9.15 Å². The van der Waals surface area contributed by atoms with Crippen molar-refractivity contribution in [2.45, 2.75) is 33.4 Å². The molecule has 0 spiro atoms. The number of esters is 1. The largest absolute Gasteiger partial charge is 0.464 e. The van der Waals surface area contributed by atoms with Crippen molar-refractivity contribution in [2.24, 2.45) is 13.0 Å². The molecule has 0 saturated heterocycles. The van der Waals surface area contributed by atoms with E-state index in [1.54, 1.807) is 29.2 Å². The minimum Gasteiger partial charge on any atom is -0.464 e. The molecule has 10 heteroatoms. The van der Waals surface area contributed by atoms with Gasteiger partial charge in [0.1, 0.15) is 5.65 Å². The maximum Gasteiger partial charge on any atom is 0.356 e. The Hall–Kier alpha value is -4.08. The van der Waals surface area contributed by atoms with Gasteiger partial charge in [0.25, 0.3) is 5.91 Å². The molecular formula is C24H28N6O4. The summed E-state index contributed by atoms with van der Waals surface area (Å²) in [5.74, 6) is -0.476. The third-order valence-corrected chi connectivity index (χ3v) is 5.45. The standard InChI is InChI=1S/C24H28N6O4/c1-15(2)7-8-30-21(24(32)33-4)20(28-23(31)19-6-5-9-34-19)18-10-17(13-26-22(18)30)25-11-16-12-27-29(3)14-16/h5-6,9-10,12-15,25H,7-8,11H2,1-4H3,(H,28,31). The summed E-state index contributed by atoms with van der Waals surface area (Å²) in [6.45, 7) is 5.31. The van der Waals surface area contributed by atoms with Crippen LogP contribution in [-0.2, 0) is 24.9 Å². The van der Waals surface area contributed by atoms with E-state index in [-0.39, 0.29) is 11.5 Å². The van der Waals surface area contributed by atoms with E-state index < -0.39 is 11.9 Å². The summed E-state index contributed by atoms with van der Waals surface area (Å²) in [4.78, 5) is 30.4. The number of aromatic nitrogens is 4.